The average molecular weight is 523 g/mol. The number of imidazole rings is 1. The molecule has 4 aromatic carbocycles. The molecule has 0 amide bonds. The second-order valence-corrected chi connectivity index (χ2v) is 13.1. The third-order valence-corrected chi connectivity index (χ3v) is 8.36. The van der Waals surface area contributed by atoms with Gasteiger partial charge in [-0.05, 0) is 79.9 Å². The van der Waals surface area contributed by atoms with E-state index >= 15 is 0 Å². The monoisotopic (exact) mass is 522 g/mol. The van der Waals surface area contributed by atoms with Crippen molar-refractivity contribution in [2.24, 2.45) is 7.05 Å². The first-order valence-corrected chi connectivity index (χ1v) is 14.0. The van der Waals surface area contributed by atoms with E-state index in [1.165, 1.54) is 38.2 Å². The zero-order valence-electron chi connectivity index (χ0n) is 24.3. The van der Waals surface area contributed by atoms with Crippen LogP contribution in [0.25, 0.3) is 65.8 Å². The minimum Gasteiger partial charge on any atom is -0.326 e. The van der Waals surface area contributed by atoms with Crippen molar-refractivity contribution >= 4 is 54.4 Å². The van der Waals surface area contributed by atoms with Gasteiger partial charge in [0.05, 0.1) is 22.1 Å². The fraction of sp³-hybridized carbons (Fsp3) is 0.250. The van der Waals surface area contributed by atoms with E-state index in [0.29, 0.717) is 0 Å². The molecule has 0 aliphatic heterocycles. The smallest absolute Gasteiger partial charge is 0.142 e. The van der Waals surface area contributed by atoms with Crippen molar-refractivity contribution in [2.45, 2.75) is 52.4 Å². The Morgan fingerprint density at radius 2 is 1.20 bits per heavy atom. The molecule has 7 aromatic rings. The molecule has 7 rings (SSSR count). The van der Waals surface area contributed by atoms with E-state index in [2.05, 4.69) is 108 Å². The van der Waals surface area contributed by atoms with Gasteiger partial charge < -0.3 is 4.57 Å². The van der Waals surface area contributed by atoms with Crippen LogP contribution in [0.2, 0.25) is 0 Å². The summed E-state index contributed by atoms with van der Waals surface area (Å²) < 4.78 is 2.27. The van der Waals surface area contributed by atoms with Gasteiger partial charge in [0.1, 0.15) is 5.82 Å². The number of benzene rings is 4. The minimum atomic E-state index is 0.0343. The summed E-state index contributed by atoms with van der Waals surface area (Å²) in [5.74, 6) is 0.960. The summed E-state index contributed by atoms with van der Waals surface area (Å²) in [6, 6.07) is 24.5. The molecule has 0 aliphatic carbocycles. The Labute approximate surface area is 234 Å². The molecule has 3 aromatic heterocycles. The number of nitrogens with zero attached hydrogens (tertiary/aromatic N) is 4. The molecule has 0 saturated carbocycles. The van der Waals surface area contributed by atoms with Crippen molar-refractivity contribution < 1.29 is 0 Å². The standard InChI is InChI=1S/C36H34N4/c1-35(2,3)23-14-15-25-22(19-23)18-21-12-13-24(36(4,5)6)20-28(21)29(25)34-39-32-26-10-8-16-37-30(26)31-27(11-9-17-38-31)33(32)40(34)7/h8-20H,1-7H3. The van der Waals surface area contributed by atoms with Gasteiger partial charge >= 0.3 is 0 Å². The number of hydrogen-bond donors (Lipinski definition) is 0. The first-order valence-electron chi connectivity index (χ1n) is 14.0. The summed E-state index contributed by atoms with van der Waals surface area (Å²) in [6.07, 6.45) is 3.68. The van der Waals surface area contributed by atoms with Crippen LogP contribution in [-0.4, -0.2) is 19.5 Å². The van der Waals surface area contributed by atoms with Crippen LogP contribution in [0.1, 0.15) is 52.7 Å². The SMILES string of the molecule is Cn1c(-c2c3ccc(C(C)(C)C)cc3cc3ccc(C(C)(C)C)cc23)nc2c3cccnc3c3ncccc3c21. The Morgan fingerprint density at radius 3 is 1.90 bits per heavy atom. The summed E-state index contributed by atoms with van der Waals surface area (Å²) in [5, 5.41) is 7.01. The first-order chi connectivity index (χ1) is 19.0. The van der Waals surface area contributed by atoms with Gasteiger partial charge in [0, 0.05) is 35.8 Å². The molecule has 0 N–H and O–H groups in total. The second-order valence-electron chi connectivity index (χ2n) is 13.1. The highest BCUT2D eigenvalue weighted by Crippen LogP contribution is 2.42. The Bertz CT molecular complexity index is 2140. The molecule has 0 radical (unpaired) electrons. The Kier molecular flexibility index (Phi) is 5.16. The van der Waals surface area contributed by atoms with E-state index < -0.39 is 0 Å². The second kappa shape index (κ2) is 8.34. The van der Waals surface area contributed by atoms with Gasteiger partial charge in [0.2, 0.25) is 0 Å². The van der Waals surface area contributed by atoms with Gasteiger partial charge in [-0.15, -0.1) is 0 Å². The van der Waals surface area contributed by atoms with Crippen LogP contribution < -0.4 is 0 Å². The molecular formula is C36H34N4. The van der Waals surface area contributed by atoms with Crippen LogP contribution in [0.15, 0.2) is 79.1 Å². The van der Waals surface area contributed by atoms with E-state index in [1.807, 2.05) is 24.5 Å². The van der Waals surface area contributed by atoms with E-state index in [9.17, 15) is 0 Å². The van der Waals surface area contributed by atoms with Crippen LogP contribution in [-0.2, 0) is 17.9 Å². The fourth-order valence-corrected chi connectivity index (χ4v) is 6.08. The number of aromatic nitrogens is 4. The largest absolute Gasteiger partial charge is 0.326 e. The molecule has 0 spiro atoms. The van der Waals surface area contributed by atoms with Crippen LogP contribution in [0, 0.1) is 0 Å². The van der Waals surface area contributed by atoms with Crippen LogP contribution in [0.4, 0.5) is 0 Å². The topological polar surface area (TPSA) is 43.6 Å². The lowest BCUT2D eigenvalue weighted by molar-refractivity contribution is 0.590. The Balaban J connectivity index is 1.68. The quantitative estimate of drug-likeness (QED) is 0.159. The predicted molar refractivity (Wildman–Crippen MR) is 169 cm³/mol. The lowest BCUT2D eigenvalue weighted by atomic mass is 9.83. The molecule has 0 unspecified atom stereocenters. The van der Waals surface area contributed by atoms with Gasteiger partial charge in [-0.2, -0.15) is 0 Å². The Hall–Kier alpha value is -4.31. The third-order valence-electron chi connectivity index (χ3n) is 8.36. The molecular weight excluding hydrogens is 488 g/mol. The van der Waals surface area contributed by atoms with Gasteiger partial charge in [-0.1, -0.05) is 71.9 Å². The normalized spacial score (nSPS) is 12.9. The molecule has 0 fully saturated rings. The minimum absolute atomic E-state index is 0.0343. The van der Waals surface area contributed by atoms with Crippen molar-refractivity contribution in [1.29, 1.82) is 0 Å². The molecule has 0 bridgehead atoms. The van der Waals surface area contributed by atoms with Gasteiger partial charge in [0.25, 0.3) is 0 Å². The highest BCUT2D eigenvalue weighted by atomic mass is 15.1. The molecule has 0 atom stereocenters. The van der Waals surface area contributed by atoms with Gasteiger partial charge in [0.15, 0.2) is 0 Å². The molecule has 40 heavy (non-hydrogen) atoms. The van der Waals surface area contributed by atoms with Crippen molar-refractivity contribution in [1.82, 2.24) is 19.5 Å². The summed E-state index contributed by atoms with van der Waals surface area (Å²) in [7, 11) is 2.14. The van der Waals surface area contributed by atoms with Crippen molar-refractivity contribution in [3.8, 4) is 11.4 Å². The number of aryl methyl sites for hydroxylation is 1. The fourth-order valence-electron chi connectivity index (χ4n) is 6.08. The molecule has 0 saturated heterocycles. The molecule has 3 heterocycles. The highest BCUT2D eigenvalue weighted by molar-refractivity contribution is 6.22. The van der Waals surface area contributed by atoms with Crippen LogP contribution in [0.5, 0.6) is 0 Å². The molecule has 198 valence electrons. The lowest BCUT2D eigenvalue weighted by Crippen LogP contribution is -2.11. The van der Waals surface area contributed by atoms with Crippen molar-refractivity contribution in [2.75, 3.05) is 0 Å². The summed E-state index contributed by atoms with van der Waals surface area (Å²) >= 11 is 0. The zero-order chi connectivity index (χ0) is 28.0. The maximum atomic E-state index is 5.42. The van der Waals surface area contributed by atoms with Gasteiger partial charge in [-0.25, -0.2) is 4.98 Å². The van der Waals surface area contributed by atoms with Crippen molar-refractivity contribution in [3.63, 3.8) is 0 Å². The number of fused-ring (bicyclic) bond motifs is 8. The summed E-state index contributed by atoms with van der Waals surface area (Å²) in [5.41, 5.74) is 7.77. The molecule has 4 nitrogen and oxygen atoms in total. The molecule has 0 aliphatic rings. The number of rotatable bonds is 1. The zero-order valence-corrected chi connectivity index (χ0v) is 24.3. The van der Waals surface area contributed by atoms with E-state index in [-0.39, 0.29) is 10.8 Å². The van der Waals surface area contributed by atoms with E-state index in [4.69, 9.17) is 15.0 Å². The van der Waals surface area contributed by atoms with E-state index in [1.54, 1.807) is 0 Å². The van der Waals surface area contributed by atoms with Crippen LogP contribution in [0.3, 0.4) is 0 Å². The number of hydrogen-bond acceptors (Lipinski definition) is 3. The predicted octanol–water partition coefficient (Wildman–Crippen LogP) is 9.24. The van der Waals surface area contributed by atoms with E-state index in [0.717, 1.165) is 38.7 Å². The first kappa shape index (κ1) is 24.7. The Morgan fingerprint density at radius 1 is 0.575 bits per heavy atom. The van der Waals surface area contributed by atoms with Crippen LogP contribution >= 0.6 is 0 Å². The highest BCUT2D eigenvalue weighted by Gasteiger charge is 2.23. The average Bonchev–Trinajstić information content (AvgIpc) is 3.27. The maximum absolute atomic E-state index is 5.42. The summed E-state index contributed by atoms with van der Waals surface area (Å²) in [4.78, 5) is 14.9. The lowest BCUT2D eigenvalue weighted by Gasteiger charge is -2.22. The summed E-state index contributed by atoms with van der Waals surface area (Å²) in [6.45, 7) is 13.6. The number of pyridine rings is 2. The molecule has 4 heteroatoms. The third kappa shape index (κ3) is 3.62. The maximum Gasteiger partial charge on any atom is 0.142 e. The van der Waals surface area contributed by atoms with Crippen molar-refractivity contribution in [3.05, 3.63) is 90.3 Å². The van der Waals surface area contributed by atoms with Gasteiger partial charge in [-0.3, -0.25) is 9.97 Å².